The summed E-state index contributed by atoms with van der Waals surface area (Å²) >= 11 is 0. The molecule has 8 heteroatoms. The highest BCUT2D eigenvalue weighted by Crippen LogP contribution is 2.24. The Morgan fingerprint density at radius 2 is 1.56 bits per heavy atom. The number of fused-ring (bicyclic) bond motifs is 1. The number of rotatable bonds is 8. The lowest BCUT2D eigenvalue weighted by molar-refractivity contribution is 0.0546. The third kappa shape index (κ3) is 6.60. The number of nitrogens with zero attached hydrogens (tertiary/aromatic N) is 4. The van der Waals surface area contributed by atoms with E-state index in [1.165, 1.54) is 17.7 Å². The van der Waals surface area contributed by atoms with E-state index in [0.717, 1.165) is 67.0 Å². The lowest BCUT2D eigenvalue weighted by atomic mass is 10.0. The van der Waals surface area contributed by atoms with E-state index in [0.29, 0.717) is 38.5 Å². The minimum absolute atomic E-state index is 0.0595. The van der Waals surface area contributed by atoms with Gasteiger partial charge in [-0.05, 0) is 79.6 Å². The summed E-state index contributed by atoms with van der Waals surface area (Å²) in [5, 5.41) is 13.4. The van der Waals surface area contributed by atoms with E-state index in [4.69, 9.17) is 4.98 Å². The molecule has 0 unspecified atom stereocenters. The van der Waals surface area contributed by atoms with Gasteiger partial charge >= 0.3 is 0 Å². The molecule has 3 heterocycles. The molecule has 0 spiro atoms. The van der Waals surface area contributed by atoms with E-state index >= 15 is 0 Å². The predicted molar refractivity (Wildman–Crippen MR) is 160 cm³/mol. The number of imidazole rings is 1. The summed E-state index contributed by atoms with van der Waals surface area (Å²) < 4.78 is 15.6. The minimum Gasteiger partial charge on any atom is -0.393 e. The highest BCUT2D eigenvalue weighted by Gasteiger charge is 2.23. The van der Waals surface area contributed by atoms with Crippen molar-refractivity contribution in [3.05, 3.63) is 95.3 Å². The fourth-order valence-corrected chi connectivity index (χ4v) is 5.95. The van der Waals surface area contributed by atoms with E-state index in [1.54, 1.807) is 0 Å². The molecule has 2 N–H and O–H groups in total. The summed E-state index contributed by atoms with van der Waals surface area (Å²) in [7, 11) is 0. The van der Waals surface area contributed by atoms with Gasteiger partial charge in [0.25, 0.3) is 5.91 Å². The van der Waals surface area contributed by atoms with Crippen LogP contribution in [0.3, 0.4) is 0 Å². The summed E-state index contributed by atoms with van der Waals surface area (Å²) in [6, 6.07) is 23.2. The van der Waals surface area contributed by atoms with Gasteiger partial charge in [0.2, 0.25) is 5.95 Å². The Labute approximate surface area is 240 Å². The van der Waals surface area contributed by atoms with Crippen LogP contribution in [0.4, 0.5) is 10.3 Å². The SMILES string of the molecule is O=C(c1ccc(CCN2CCC(Nc3nc4ccccc4n3Cc3ccc(F)cc3)CC2)cc1)N1CCC(O)CC1. The molecule has 2 aliphatic heterocycles. The molecule has 7 nitrogen and oxygen atoms in total. The van der Waals surface area contributed by atoms with Gasteiger partial charge in [-0.25, -0.2) is 9.37 Å². The van der Waals surface area contributed by atoms with Crippen LogP contribution in [-0.2, 0) is 13.0 Å². The smallest absolute Gasteiger partial charge is 0.253 e. The van der Waals surface area contributed by atoms with Crippen molar-refractivity contribution in [1.29, 1.82) is 0 Å². The summed E-state index contributed by atoms with van der Waals surface area (Å²) in [4.78, 5) is 22.0. The van der Waals surface area contributed by atoms with E-state index in [1.807, 2.05) is 47.4 Å². The molecule has 4 aromatic rings. The lowest BCUT2D eigenvalue weighted by Gasteiger charge is -2.32. The van der Waals surface area contributed by atoms with Crippen LogP contribution in [-0.4, -0.2) is 75.2 Å². The summed E-state index contributed by atoms with van der Waals surface area (Å²) in [6.07, 6.45) is 4.07. The van der Waals surface area contributed by atoms with Gasteiger partial charge in [-0.15, -0.1) is 0 Å². The fraction of sp³-hybridized carbons (Fsp3) is 0.394. The first-order valence-electron chi connectivity index (χ1n) is 14.8. The maximum Gasteiger partial charge on any atom is 0.253 e. The molecule has 3 aromatic carbocycles. The zero-order chi connectivity index (χ0) is 28.2. The van der Waals surface area contributed by atoms with Crippen molar-refractivity contribution in [3.8, 4) is 0 Å². The molecule has 0 atom stereocenters. The quantitative estimate of drug-likeness (QED) is 0.322. The maximum atomic E-state index is 13.5. The van der Waals surface area contributed by atoms with Gasteiger partial charge in [0, 0.05) is 44.3 Å². The molecule has 1 aromatic heterocycles. The molecule has 41 heavy (non-hydrogen) atoms. The van der Waals surface area contributed by atoms with Crippen molar-refractivity contribution in [2.75, 3.05) is 38.0 Å². The molecule has 214 valence electrons. The molecule has 2 fully saturated rings. The van der Waals surface area contributed by atoms with Crippen LogP contribution in [0.5, 0.6) is 0 Å². The van der Waals surface area contributed by atoms with Crippen molar-refractivity contribution >= 4 is 22.9 Å². The van der Waals surface area contributed by atoms with Gasteiger partial charge in [-0.2, -0.15) is 0 Å². The number of anilines is 1. The lowest BCUT2D eigenvalue weighted by Crippen LogP contribution is -2.40. The Hall–Kier alpha value is -3.75. The number of amides is 1. The van der Waals surface area contributed by atoms with Gasteiger partial charge in [-0.1, -0.05) is 36.4 Å². The number of aliphatic hydroxyl groups is 1. The fourth-order valence-electron chi connectivity index (χ4n) is 5.95. The van der Waals surface area contributed by atoms with E-state index in [-0.39, 0.29) is 17.8 Å². The van der Waals surface area contributed by atoms with Crippen LogP contribution in [0.25, 0.3) is 11.0 Å². The zero-order valence-electron chi connectivity index (χ0n) is 23.4. The molecule has 6 rings (SSSR count). The van der Waals surface area contributed by atoms with Crippen molar-refractivity contribution in [3.63, 3.8) is 0 Å². The number of piperidine rings is 2. The number of aromatic nitrogens is 2. The highest BCUT2D eigenvalue weighted by molar-refractivity contribution is 5.94. The molecule has 0 bridgehead atoms. The monoisotopic (exact) mass is 555 g/mol. The second kappa shape index (κ2) is 12.4. The number of hydrogen-bond donors (Lipinski definition) is 2. The molecular formula is C33H38FN5O2. The van der Waals surface area contributed by atoms with E-state index in [2.05, 4.69) is 33.0 Å². The Morgan fingerprint density at radius 1 is 0.878 bits per heavy atom. The van der Waals surface area contributed by atoms with E-state index in [9.17, 15) is 14.3 Å². The third-order valence-electron chi connectivity index (χ3n) is 8.50. The first kappa shape index (κ1) is 27.4. The zero-order valence-corrected chi connectivity index (χ0v) is 23.4. The standard InChI is InChI=1S/C33H38FN5O2/c34-27-11-7-25(8-12-27)23-39-31-4-2-1-3-30(31)36-33(39)35-28-14-19-37(20-15-28)18-13-24-5-9-26(10-6-24)32(41)38-21-16-29(40)17-22-38/h1-12,28-29,40H,13-23H2,(H,35,36). The van der Waals surface area contributed by atoms with Crippen molar-refractivity contribution in [2.45, 2.75) is 50.8 Å². The van der Waals surface area contributed by atoms with Crippen LogP contribution in [0, 0.1) is 5.82 Å². The first-order valence-corrected chi connectivity index (χ1v) is 14.8. The van der Waals surface area contributed by atoms with Crippen LogP contribution in [0.1, 0.15) is 47.2 Å². The van der Waals surface area contributed by atoms with E-state index < -0.39 is 0 Å². The van der Waals surface area contributed by atoms with Crippen LogP contribution in [0.2, 0.25) is 0 Å². The van der Waals surface area contributed by atoms with Gasteiger partial charge in [0.1, 0.15) is 5.82 Å². The number of aliphatic hydroxyl groups excluding tert-OH is 1. The predicted octanol–water partition coefficient (Wildman–Crippen LogP) is 4.94. The number of halogens is 1. The van der Waals surface area contributed by atoms with Gasteiger partial charge in [0.05, 0.1) is 23.7 Å². The molecule has 2 aliphatic rings. The van der Waals surface area contributed by atoms with Crippen molar-refractivity contribution in [1.82, 2.24) is 19.4 Å². The second-order valence-electron chi connectivity index (χ2n) is 11.4. The average molecular weight is 556 g/mol. The van der Waals surface area contributed by atoms with Crippen molar-refractivity contribution in [2.24, 2.45) is 0 Å². The number of carbonyl (C=O) groups excluding carboxylic acids is 1. The highest BCUT2D eigenvalue weighted by atomic mass is 19.1. The number of para-hydroxylation sites is 2. The Kier molecular flexibility index (Phi) is 8.30. The topological polar surface area (TPSA) is 73.6 Å². The third-order valence-corrected chi connectivity index (χ3v) is 8.50. The maximum absolute atomic E-state index is 13.5. The van der Waals surface area contributed by atoms with Gasteiger partial charge in [0.15, 0.2) is 0 Å². The van der Waals surface area contributed by atoms with Crippen LogP contribution in [0.15, 0.2) is 72.8 Å². The molecule has 0 aliphatic carbocycles. The molecule has 2 saturated heterocycles. The van der Waals surface area contributed by atoms with Gasteiger partial charge in [-0.3, -0.25) is 4.79 Å². The number of carbonyl (C=O) groups is 1. The second-order valence-corrected chi connectivity index (χ2v) is 11.4. The molecular weight excluding hydrogens is 517 g/mol. The summed E-state index contributed by atoms with van der Waals surface area (Å²) in [5.41, 5.74) is 5.03. The molecule has 0 saturated carbocycles. The summed E-state index contributed by atoms with van der Waals surface area (Å²) in [5.74, 6) is 0.699. The average Bonchev–Trinajstić information content (AvgIpc) is 3.34. The Bertz CT molecular complexity index is 1450. The minimum atomic E-state index is -0.279. The number of likely N-dealkylation sites (tertiary alicyclic amines) is 2. The number of benzene rings is 3. The normalized spacial score (nSPS) is 17.3. The Balaban J connectivity index is 1.01. The summed E-state index contributed by atoms with van der Waals surface area (Å²) in [6.45, 7) is 4.92. The largest absolute Gasteiger partial charge is 0.393 e. The number of nitrogens with one attached hydrogen (secondary N) is 1. The Morgan fingerprint density at radius 3 is 2.29 bits per heavy atom. The molecule has 0 radical (unpaired) electrons. The molecule has 1 amide bonds. The first-order chi connectivity index (χ1) is 20.0. The van der Waals surface area contributed by atoms with Crippen molar-refractivity contribution < 1.29 is 14.3 Å². The van der Waals surface area contributed by atoms with Crippen LogP contribution < -0.4 is 5.32 Å². The van der Waals surface area contributed by atoms with Crippen LogP contribution >= 0.6 is 0 Å². The van der Waals surface area contributed by atoms with Gasteiger partial charge < -0.3 is 24.8 Å². The number of hydrogen-bond acceptors (Lipinski definition) is 5.